The first-order valence-corrected chi connectivity index (χ1v) is 8.27. The molecule has 1 aromatic carbocycles. The predicted octanol–water partition coefficient (Wildman–Crippen LogP) is 1.48. The van der Waals surface area contributed by atoms with Gasteiger partial charge in [0.2, 0.25) is 0 Å². The smallest absolute Gasteiger partial charge is 0.307 e. The average Bonchev–Trinajstić information content (AvgIpc) is 3.36. The predicted molar refractivity (Wildman–Crippen MR) is 88.7 cm³/mol. The van der Waals surface area contributed by atoms with Crippen LogP contribution in [0, 0.1) is 0 Å². The lowest BCUT2D eigenvalue weighted by Crippen LogP contribution is -2.43. The molecule has 0 spiro atoms. The highest BCUT2D eigenvalue weighted by Crippen LogP contribution is 2.40. The van der Waals surface area contributed by atoms with Crippen molar-refractivity contribution < 1.29 is 28.5 Å². The van der Waals surface area contributed by atoms with E-state index in [0.717, 1.165) is 11.1 Å². The number of methoxy groups -OCH3 is 3. The molecule has 0 aliphatic carbocycles. The lowest BCUT2D eigenvalue weighted by atomic mass is 9.89. The number of esters is 1. The van der Waals surface area contributed by atoms with Crippen molar-refractivity contribution >= 4 is 11.9 Å². The number of amides is 1. The van der Waals surface area contributed by atoms with Crippen LogP contribution in [0.3, 0.4) is 0 Å². The Kier molecular flexibility index (Phi) is 4.85. The van der Waals surface area contributed by atoms with Gasteiger partial charge in [0.1, 0.15) is 0 Å². The summed E-state index contributed by atoms with van der Waals surface area (Å²) in [5, 5.41) is 0. The van der Waals surface area contributed by atoms with Gasteiger partial charge in [-0.15, -0.1) is 0 Å². The summed E-state index contributed by atoms with van der Waals surface area (Å²) < 4.78 is 20.9. The molecule has 0 N–H and O–H groups in total. The van der Waals surface area contributed by atoms with E-state index >= 15 is 0 Å². The maximum absolute atomic E-state index is 12.7. The molecule has 2 heterocycles. The van der Waals surface area contributed by atoms with Crippen LogP contribution >= 0.6 is 0 Å². The molecular formula is C18H23NO6. The molecule has 2 aliphatic heterocycles. The third-order valence-electron chi connectivity index (χ3n) is 4.83. The van der Waals surface area contributed by atoms with E-state index in [2.05, 4.69) is 0 Å². The zero-order chi connectivity index (χ0) is 18.1. The fourth-order valence-electron chi connectivity index (χ4n) is 3.36. The first-order chi connectivity index (χ1) is 12.0. The highest BCUT2D eigenvalue weighted by molar-refractivity contribution is 5.85. The van der Waals surface area contributed by atoms with Gasteiger partial charge in [-0.3, -0.25) is 9.59 Å². The summed E-state index contributed by atoms with van der Waals surface area (Å²) in [5.41, 5.74) is 1.93. The summed E-state index contributed by atoms with van der Waals surface area (Å²) in [6.45, 7) is 2.39. The van der Waals surface area contributed by atoms with Crippen LogP contribution in [0.5, 0.6) is 11.5 Å². The molecule has 136 valence electrons. The maximum atomic E-state index is 12.7. The quantitative estimate of drug-likeness (QED) is 0.592. The Morgan fingerprint density at radius 1 is 1.20 bits per heavy atom. The van der Waals surface area contributed by atoms with Crippen molar-refractivity contribution in [1.29, 1.82) is 0 Å². The summed E-state index contributed by atoms with van der Waals surface area (Å²) >= 11 is 0. The second-order valence-corrected chi connectivity index (χ2v) is 6.25. The van der Waals surface area contributed by atoms with Crippen LogP contribution < -0.4 is 9.47 Å². The number of rotatable bonds is 5. The molecular weight excluding hydrogens is 326 g/mol. The van der Waals surface area contributed by atoms with Crippen LogP contribution in [0.25, 0.3) is 0 Å². The fraction of sp³-hybridized carbons (Fsp3) is 0.556. The van der Waals surface area contributed by atoms with Gasteiger partial charge < -0.3 is 23.8 Å². The van der Waals surface area contributed by atoms with E-state index in [4.69, 9.17) is 18.9 Å². The first kappa shape index (κ1) is 17.5. The molecule has 1 saturated heterocycles. The lowest BCUT2D eigenvalue weighted by molar-refractivity contribution is -0.144. The van der Waals surface area contributed by atoms with Crippen LogP contribution in [0.1, 0.15) is 30.5 Å². The molecule has 2 aliphatic rings. The first-order valence-electron chi connectivity index (χ1n) is 8.27. The van der Waals surface area contributed by atoms with Gasteiger partial charge in [0.05, 0.1) is 39.9 Å². The SMILES string of the molecule is COC(=O)CC1c2cc(OC)c(OC)cc2CCN1C(=O)[C@@H]1O[C@H]1C. The molecule has 1 amide bonds. The van der Waals surface area contributed by atoms with E-state index in [0.29, 0.717) is 24.5 Å². The Bertz CT molecular complexity index is 688. The van der Waals surface area contributed by atoms with E-state index in [1.165, 1.54) is 7.11 Å². The molecule has 0 bridgehead atoms. The van der Waals surface area contributed by atoms with Crippen LogP contribution in [0.2, 0.25) is 0 Å². The molecule has 0 aromatic heterocycles. The van der Waals surface area contributed by atoms with Crippen LogP contribution in [-0.4, -0.2) is 56.9 Å². The van der Waals surface area contributed by atoms with Gasteiger partial charge in [0.15, 0.2) is 17.6 Å². The summed E-state index contributed by atoms with van der Waals surface area (Å²) in [6.07, 6.45) is 0.284. The second-order valence-electron chi connectivity index (χ2n) is 6.25. The van der Waals surface area contributed by atoms with E-state index in [1.54, 1.807) is 19.1 Å². The van der Waals surface area contributed by atoms with Crippen molar-refractivity contribution in [2.75, 3.05) is 27.9 Å². The van der Waals surface area contributed by atoms with Crippen molar-refractivity contribution in [2.45, 2.75) is 38.0 Å². The second kappa shape index (κ2) is 6.92. The van der Waals surface area contributed by atoms with E-state index in [-0.39, 0.29) is 24.4 Å². The monoisotopic (exact) mass is 349 g/mol. The number of hydrogen-bond donors (Lipinski definition) is 0. The molecule has 1 fully saturated rings. The number of nitrogens with zero attached hydrogens (tertiary/aromatic N) is 1. The largest absolute Gasteiger partial charge is 0.493 e. The molecule has 0 saturated carbocycles. The number of ether oxygens (including phenoxy) is 4. The number of carbonyl (C=O) groups excluding carboxylic acids is 2. The van der Waals surface area contributed by atoms with Crippen molar-refractivity contribution in [3.8, 4) is 11.5 Å². The summed E-state index contributed by atoms with van der Waals surface area (Å²) in [5.74, 6) is 0.760. The molecule has 1 aromatic rings. The van der Waals surface area contributed by atoms with Gasteiger partial charge in [-0.1, -0.05) is 0 Å². The molecule has 25 heavy (non-hydrogen) atoms. The van der Waals surface area contributed by atoms with Gasteiger partial charge >= 0.3 is 5.97 Å². The van der Waals surface area contributed by atoms with Gasteiger partial charge in [0.25, 0.3) is 5.91 Å². The normalized spacial score (nSPS) is 24.3. The maximum Gasteiger partial charge on any atom is 0.307 e. The number of benzene rings is 1. The summed E-state index contributed by atoms with van der Waals surface area (Å²) in [6, 6.07) is 3.36. The van der Waals surface area contributed by atoms with Gasteiger partial charge in [-0.05, 0) is 36.6 Å². The van der Waals surface area contributed by atoms with Crippen LogP contribution in [-0.2, 0) is 25.5 Å². The summed E-state index contributed by atoms with van der Waals surface area (Å²) in [4.78, 5) is 26.4. The number of epoxide rings is 1. The minimum absolute atomic E-state index is 0.0712. The Morgan fingerprint density at radius 3 is 2.40 bits per heavy atom. The Hall–Kier alpha value is -2.28. The number of fused-ring (bicyclic) bond motifs is 1. The zero-order valence-corrected chi connectivity index (χ0v) is 14.9. The Morgan fingerprint density at radius 2 is 1.84 bits per heavy atom. The van der Waals surface area contributed by atoms with Gasteiger partial charge in [-0.25, -0.2) is 0 Å². The minimum atomic E-state index is -0.415. The molecule has 1 unspecified atom stereocenters. The van der Waals surface area contributed by atoms with E-state index < -0.39 is 12.1 Å². The third kappa shape index (κ3) is 3.28. The van der Waals surface area contributed by atoms with E-state index in [1.807, 2.05) is 19.1 Å². The highest BCUT2D eigenvalue weighted by Gasteiger charge is 2.46. The molecule has 7 heteroatoms. The minimum Gasteiger partial charge on any atom is -0.493 e. The standard InChI is InChI=1S/C18H23NO6/c1-10-17(25-10)18(21)19-6-5-11-7-14(22-2)15(23-3)8-12(11)13(19)9-16(20)24-4/h7-8,10,13,17H,5-6,9H2,1-4H3/t10-,13?,17+/m0/s1. The Balaban J connectivity index is 1.98. The van der Waals surface area contributed by atoms with Crippen LogP contribution in [0.15, 0.2) is 12.1 Å². The lowest BCUT2D eigenvalue weighted by Gasteiger charge is -2.37. The number of hydrogen-bond acceptors (Lipinski definition) is 6. The topological polar surface area (TPSA) is 77.6 Å². The molecule has 0 radical (unpaired) electrons. The van der Waals surface area contributed by atoms with Crippen molar-refractivity contribution in [2.24, 2.45) is 0 Å². The summed E-state index contributed by atoms with van der Waals surface area (Å²) in [7, 11) is 4.49. The van der Waals surface area contributed by atoms with Crippen molar-refractivity contribution in [3.05, 3.63) is 23.3 Å². The Labute approximate surface area is 146 Å². The van der Waals surface area contributed by atoms with E-state index in [9.17, 15) is 9.59 Å². The van der Waals surface area contributed by atoms with Gasteiger partial charge in [-0.2, -0.15) is 0 Å². The van der Waals surface area contributed by atoms with Crippen molar-refractivity contribution in [1.82, 2.24) is 4.90 Å². The average molecular weight is 349 g/mol. The molecule has 3 atom stereocenters. The van der Waals surface area contributed by atoms with Gasteiger partial charge in [0, 0.05) is 6.54 Å². The fourth-order valence-corrected chi connectivity index (χ4v) is 3.36. The zero-order valence-electron chi connectivity index (χ0n) is 14.9. The molecule has 7 nitrogen and oxygen atoms in total. The van der Waals surface area contributed by atoms with Crippen LogP contribution in [0.4, 0.5) is 0 Å². The highest BCUT2D eigenvalue weighted by atomic mass is 16.6. The number of carbonyl (C=O) groups is 2. The third-order valence-corrected chi connectivity index (χ3v) is 4.83. The van der Waals surface area contributed by atoms with Crippen molar-refractivity contribution in [3.63, 3.8) is 0 Å². The molecule has 3 rings (SSSR count).